The predicted octanol–water partition coefficient (Wildman–Crippen LogP) is 17.4. The van der Waals surface area contributed by atoms with Gasteiger partial charge in [0.25, 0.3) is 0 Å². The topological polar surface area (TPSA) is 12.5 Å². The quantitative estimate of drug-likeness (QED) is 0.158. The van der Waals surface area contributed by atoms with E-state index in [0.29, 0.717) is 0 Å². The highest BCUT2D eigenvalue weighted by Crippen LogP contribution is 2.58. The average molecular weight is 854 g/mol. The zero-order valence-corrected chi connectivity index (χ0v) is 36.7. The van der Waals surface area contributed by atoms with Crippen LogP contribution in [0.2, 0.25) is 0 Å². The molecule has 0 fully saturated rings. The van der Waals surface area contributed by atoms with Crippen LogP contribution in [0.1, 0.15) is 22.3 Å². The van der Waals surface area contributed by atoms with Crippen LogP contribution in [0.15, 0.2) is 261 Å². The monoisotopic (exact) mass is 853 g/mol. The Hall–Kier alpha value is -8.72. The molecule has 1 aliphatic carbocycles. The molecule has 2 aliphatic rings. The fraction of sp³-hybridized carbons (Fsp3) is 0.0154. The van der Waals surface area contributed by atoms with E-state index in [2.05, 4.69) is 266 Å². The Bertz CT molecular complexity index is 3600. The lowest BCUT2D eigenvalue weighted by Gasteiger charge is -2.35. The number of hydrogen-bond donors (Lipinski definition) is 0. The molecule has 0 atom stereocenters. The number of fused-ring (bicyclic) bond motifs is 9. The van der Waals surface area contributed by atoms with Gasteiger partial charge in [0.05, 0.1) is 5.41 Å². The zero-order valence-electron chi connectivity index (χ0n) is 36.7. The van der Waals surface area contributed by atoms with Gasteiger partial charge >= 0.3 is 0 Å². The van der Waals surface area contributed by atoms with E-state index in [1.54, 1.807) is 0 Å². The summed E-state index contributed by atoms with van der Waals surface area (Å²) in [6.07, 6.45) is 0. The summed E-state index contributed by atoms with van der Waals surface area (Å²) in [6.45, 7) is 0. The second-order valence-electron chi connectivity index (χ2n) is 17.6. The summed E-state index contributed by atoms with van der Waals surface area (Å²) in [4.78, 5) is 2.40. The molecule has 1 aliphatic heterocycles. The lowest BCUT2D eigenvalue weighted by Crippen LogP contribution is -2.28. The van der Waals surface area contributed by atoms with Gasteiger partial charge in [-0.3, -0.25) is 0 Å². The van der Waals surface area contributed by atoms with Crippen molar-refractivity contribution in [1.82, 2.24) is 0 Å². The lowest BCUT2D eigenvalue weighted by molar-refractivity contribution is 0.488. The van der Waals surface area contributed by atoms with Crippen molar-refractivity contribution in [3.8, 4) is 67.1 Å². The van der Waals surface area contributed by atoms with Crippen LogP contribution in [0.25, 0.3) is 66.4 Å². The first-order valence-corrected chi connectivity index (χ1v) is 23.1. The van der Waals surface area contributed by atoms with Crippen LogP contribution in [0.4, 0.5) is 17.1 Å². The minimum Gasteiger partial charge on any atom is -0.456 e. The highest BCUT2D eigenvalue weighted by molar-refractivity contribution is 6.01. The first-order valence-electron chi connectivity index (χ1n) is 23.1. The molecule has 11 aromatic rings. The molecule has 0 saturated heterocycles. The van der Waals surface area contributed by atoms with Gasteiger partial charge in [0.15, 0.2) is 0 Å². The first-order chi connectivity index (χ1) is 33.2. The molecule has 13 rings (SSSR count). The van der Waals surface area contributed by atoms with Gasteiger partial charge in [-0.25, -0.2) is 0 Å². The van der Waals surface area contributed by atoms with E-state index in [1.807, 2.05) is 0 Å². The number of hydrogen-bond acceptors (Lipinski definition) is 2. The van der Waals surface area contributed by atoms with Crippen molar-refractivity contribution in [2.75, 3.05) is 4.90 Å². The van der Waals surface area contributed by atoms with E-state index in [0.717, 1.165) is 61.9 Å². The Kier molecular flexibility index (Phi) is 9.11. The fourth-order valence-electron chi connectivity index (χ4n) is 10.9. The summed E-state index contributed by atoms with van der Waals surface area (Å²) in [7, 11) is 0. The maximum atomic E-state index is 7.25. The molecule has 0 saturated carbocycles. The Balaban J connectivity index is 1.04. The molecule has 0 spiro atoms. The van der Waals surface area contributed by atoms with Crippen LogP contribution in [0.3, 0.4) is 0 Å². The number of benzene rings is 11. The molecular formula is C65H43NO. The van der Waals surface area contributed by atoms with Crippen molar-refractivity contribution in [3.05, 3.63) is 283 Å². The summed E-state index contributed by atoms with van der Waals surface area (Å²) in [6, 6.07) is 94.9. The predicted molar refractivity (Wildman–Crippen MR) is 278 cm³/mol. The molecule has 2 nitrogen and oxygen atoms in total. The SMILES string of the molecule is c1ccc(-c2ccc(N(c3ccc4c(c3)Oc3cc(-c5ccccc5)ccc3-c3cc5ccccc5cc3-4)c3ccc4c(c3)C(c3ccccc3)(c3ccccc3)c3ccccc3-4)cc2)cc1. The normalized spacial score (nSPS) is 12.7. The van der Waals surface area contributed by atoms with E-state index in [-0.39, 0.29) is 0 Å². The van der Waals surface area contributed by atoms with Gasteiger partial charge in [-0.2, -0.15) is 0 Å². The highest BCUT2D eigenvalue weighted by atomic mass is 16.5. The minimum atomic E-state index is -0.545. The summed E-state index contributed by atoms with van der Waals surface area (Å²) in [5, 5.41) is 2.39. The first kappa shape index (κ1) is 38.7. The van der Waals surface area contributed by atoms with E-state index >= 15 is 0 Å². The highest BCUT2D eigenvalue weighted by Gasteiger charge is 2.46. The van der Waals surface area contributed by atoms with E-state index in [9.17, 15) is 0 Å². The smallest absolute Gasteiger partial charge is 0.137 e. The van der Waals surface area contributed by atoms with Gasteiger partial charge in [0.2, 0.25) is 0 Å². The second kappa shape index (κ2) is 15.8. The summed E-state index contributed by atoms with van der Waals surface area (Å²) >= 11 is 0. The van der Waals surface area contributed by atoms with Gasteiger partial charge < -0.3 is 9.64 Å². The molecule has 2 heteroatoms. The molecule has 0 aromatic heterocycles. The van der Waals surface area contributed by atoms with E-state index in [1.165, 1.54) is 55.3 Å². The minimum absolute atomic E-state index is 0.545. The van der Waals surface area contributed by atoms with Crippen LogP contribution in [-0.4, -0.2) is 0 Å². The van der Waals surface area contributed by atoms with E-state index in [4.69, 9.17) is 4.74 Å². The molecule has 11 aromatic carbocycles. The lowest BCUT2D eigenvalue weighted by atomic mass is 9.67. The van der Waals surface area contributed by atoms with Crippen molar-refractivity contribution in [3.63, 3.8) is 0 Å². The largest absolute Gasteiger partial charge is 0.456 e. The maximum Gasteiger partial charge on any atom is 0.137 e. The molecule has 0 radical (unpaired) electrons. The number of ether oxygens (including phenoxy) is 1. The number of rotatable bonds is 7. The molecule has 1 heterocycles. The van der Waals surface area contributed by atoms with Gasteiger partial charge in [0, 0.05) is 34.3 Å². The summed E-state index contributed by atoms with van der Waals surface area (Å²) < 4.78 is 7.25. The molecule has 67 heavy (non-hydrogen) atoms. The van der Waals surface area contributed by atoms with Crippen molar-refractivity contribution in [2.24, 2.45) is 0 Å². The van der Waals surface area contributed by atoms with Gasteiger partial charge in [-0.1, -0.05) is 194 Å². The number of nitrogens with zero attached hydrogens (tertiary/aromatic N) is 1. The summed E-state index contributed by atoms with van der Waals surface area (Å²) in [5.41, 5.74) is 19.1. The average Bonchev–Trinajstić information content (AvgIpc) is 3.62. The third-order valence-corrected chi connectivity index (χ3v) is 13.9. The molecular weight excluding hydrogens is 811 g/mol. The van der Waals surface area contributed by atoms with Gasteiger partial charge in [0.1, 0.15) is 11.5 Å². The van der Waals surface area contributed by atoms with Crippen LogP contribution >= 0.6 is 0 Å². The second-order valence-corrected chi connectivity index (χ2v) is 17.6. The van der Waals surface area contributed by atoms with Crippen LogP contribution in [0.5, 0.6) is 11.5 Å². The van der Waals surface area contributed by atoms with Crippen molar-refractivity contribution in [1.29, 1.82) is 0 Å². The molecule has 0 N–H and O–H groups in total. The van der Waals surface area contributed by atoms with Crippen LogP contribution in [0, 0.1) is 0 Å². The Labute approximate surface area is 391 Å². The van der Waals surface area contributed by atoms with Gasteiger partial charge in [-0.05, 0) is 138 Å². The fourth-order valence-corrected chi connectivity index (χ4v) is 10.9. The van der Waals surface area contributed by atoms with Gasteiger partial charge in [-0.15, -0.1) is 0 Å². The van der Waals surface area contributed by atoms with Crippen molar-refractivity contribution >= 4 is 27.8 Å². The molecule has 314 valence electrons. The number of anilines is 3. The Morgan fingerprint density at radius 3 is 1.33 bits per heavy atom. The Morgan fingerprint density at radius 2 is 0.701 bits per heavy atom. The molecule has 0 unspecified atom stereocenters. The van der Waals surface area contributed by atoms with Crippen molar-refractivity contribution < 1.29 is 4.74 Å². The summed E-state index contributed by atoms with van der Waals surface area (Å²) in [5.74, 6) is 1.64. The third kappa shape index (κ3) is 6.33. The van der Waals surface area contributed by atoms with Crippen LogP contribution in [-0.2, 0) is 5.41 Å². The van der Waals surface area contributed by atoms with Crippen LogP contribution < -0.4 is 9.64 Å². The standard InChI is InChI=1S/C65H43NO/c1-5-17-44(18-6-1)46-29-32-52(33-30-46)66(53-34-37-56-55-27-15-16-28-61(55)65(62(56)42-53,50-23-9-3-10-24-50)51-25-11-4-12-26-51)54-35-38-58-60-40-48-22-14-13-21-47(48)39-59(60)57-36-31-49(45-19-7-2-8-20-45)41-63(57)67-64(58)43-54/h1-43H. The maximum absolute atomic E-state index is 7.25. The molecule has 0 bridgehead atoms. The Morgan fingerprint density at radius 1 is 0.269 bits per heavy atom. The van der Waals surface area contributed by atoms with E-state index < -0.39 is 5.41 Å². The third-order valence-electron chi connectivity index (χ3n) is 13.9. The molecule has 0 amide bonds. The van der Waals surface area contributed by atoms with Crippen molar-refractivity contribution in [2.45, 2.75) is 5.41 Å². The zero-order chi connectivity index (χ0) is 44.3.